The summed E-state index contributed by atoms with van der Waals surface area (Å²) in [5.41, 5.74) is 0. The standard InChI is InChI=1S/C14H26N2O2/c1-2-15-9-6-12(7-10-15)16-8-4-3-5-13(16)11-14(17)18/h12-13H,2-11H2,1H3,(H,17,18). The number of likely N-dealkylation sites (tertiary alicyclic amines) is 2. The number of carboxylic acid groups (broad SMARTS) is 1. The molecule has 0 spiro atoms. The third kappa shape index (κ3) is 3.45. The average Bonchev–Trinajstić information content (AvgIpc) is 2.39. The van der Waals surface area contributed by atoms with Crippen LogP contribution in [0.1, 0.15) is 45.4 Å². The van der Waals surface area contributed by atoms with E-state index in [1.165, 1.54) is 38.8 Å². The Bertz CT molecular complexity index is 275. The molecule has 1 unspecified atom stereocenters. The van der Waals surface area contributed by atoms with Gasteiger partial charge in [0.05, 0.1) is 6.42 Å². The Kier molecular flexibility index (Phi) is 5.01. The zero-order valence-electron chi connectivity index (χ0n) is 11.5. The first kappa shape index (κ1) is 13.8. The predicted molar refractivity (Wildman–Crippen MR) is 71.7 cm³/mol. The van der Waals surface area contributed by atoms with Crippen molar-refractivity contribution in [1.82, 2.24) is 9.80 Å². The zero-order chi connectivity index (χ0) is 13.0. The number of carbonyl (C=O) groups is 1. The van der Waals surface area contributed by atoms with Crippen molar-refractivity contribution in [3.05, 3.63) is 0 Å². The summed E-state index contributed by atoms with van der Waals surface area (Å²) in [5, 5.41) is 9.03. The number of rotatable bonds is 4. The number of carboxylic acids is 1. The second-order valence-electron chi connectivity index (χ2n) is 5.65. The van der Waals surface area contributed by atoms with Crippen LogP contribution in [0.3, 0.4) is 0 Å². The quantitative estimate of drug-likeness (QED) is 0.831. The lowest BCUT2D eigenvalue weighted by molar-refractivity contribution is -0.139. The monoisotopic (exact) mass is 254 g/mol. The minimum atomic E-state index is -0.641. The SMILES string of the molecule is CCN1CCC(N2CCCCC2CC(=O)O)CC1. The highest BCUT2D eigenvalue weighted by atomic mass is 16.4. The van der Waals surface area contributed by atoms with Crippen LogP contribution in [0, 0.1) is 0 Å². The molecule has 4 heteroatoms. The molecule has 0 aromatic carbocycles. The summed E-state index contributed by atoms with van der Waals surface area (Å²) < 4.78 is 0. The molecule has 0 aromatic rings. The van der Waals surface area contributed by atoms with E-state index in [2.05, 4.69) is 16.7 Å². The molecule has 1 atom stereocenters. The van der Waals surface area contributed by atoms with E-state index in [0.29, 0.717) is 12.5 Å². The molecule has 2 heterocycles. The first-order chi connectivity index (χ1) is 8.70. The second-order valence-corrected chi connectivity index (χ2v) is 5.65. The molecule has 0 aromatic heterocycles. The van der Waals surface area contributed by atoms with E-state index >= 15 is 0 Å². The average molecular weight is 254 g/mol. The second kappa shape index (κ2) is 6.53. The summed E-state index contributed by atoms with van der Waals surface area (Å²) in [6.45, 7) is 6.82. The maximum absolute atomic E-state index is 11.0. The van der Waals surface area contributed by atoms with Crippen molar-refractivity contribution in [3.63, 3.8) is 0 Å². The molecule has 2 aliphatic heterocycles. The molecular weight excluding hydrogens is 228 g/mol. The lowest BCUT2D eigenvalue weighted by Crippen LogP contribution is -2.51. The molecule has 1 N–H and O–H groups in total. The Morgan fingerprint density at radius 1 is 1.17 bits per heavy atom. The van der Waals surface area contributed by atoms with E-state index in [4.69, 9.17) is 5.11 Å². The molecule has 2 rings (SSSR count). The third-order valence-corrected chi connectivity index (χ3v) is 4.56. The van der Waals surface area contributed by atoms with Crippen LogP contribution < -0.4 is 0 Å². The largest absolute Gasteiger partial charge is 0.481 e. The number of hydrogen-bond acceptors (Lipinski definition) is 3. The number of hydrogen-bond donors (Lipinski definition) is 1. The van der Waals surface area contributed by atoms with Crippen LogP contribution in [0.25, 0.3) is 0 Å². The minimum absolute atomic E-state index is 0.287. The molecule has 2 fully saturated rings. The predicted octanol–water partition coefficient (Wildman–Crippen LogP) is 1.80. The highest BCUT2D eigenvalue weighted by Crippen LogP contribution is 2.26. The number of nitrogens with zero attached hydrogens (tertiary/aromatic N) is 2. The van der Waals surface area contributed by atoms with E-state index in [0.717, 1.165) is 19.5 Å². The molecule has 0 saturated carbocycles. The fourth-order valence-electron chi connectivity index (χ4n) is 3.49. The lowest BCUT2D eigenvalue weighted by Gasteiger charge is -2.44. The van der Waals surface area contributed by atoms with Crippen molar-refractivity contribution in [1.29, 1.82) is 0 Å². The Balaban J connectivity index is 1.90. The summed E-state index contributed by atoms with van der Waals surface area (Å²) in [4.78, 5) is 16.0. The molecule has 0 bridgehead atoms. The van der Waals surface area contributed by atoms with Crippen LogP contribution in [-0.4, -0.2) is 59.1 Å². The molecular formula is C14H26N2O2. The molecule has 0 aliphatic carbocycles. The molecule has 4 nitrogen and oxygen atoms in total. The number of piperidine rings is 2. The lowest BCUT2D eigenvalue weighted by atomic mass is 9.93. The Morgan fingerprint density at radius 2 is 1.89 bits per heavy atom. The van der Waals surface area contributed by atoms with Gasteiger partial charge < -0.3 is 10.0 Å². The van der Waals surface area contributed by atoms with Gasteiger partial charge in [-0.15, -0.1) is 0 Å². The normalized spacial score (nSPS) is 28.4. The summed E-state index contributed by atoms with van der Waals surface area (Å²) >= 11 is 0. The van der Waals surface area contributed by atoms with Crippen molar-refractivity contribution in [2.75, 3.05) is 26.2 Å². The zero-order valence-corrected chi connectivity index (χ0v) is 11.5. The van der Waals surface area contributed by atoms with Crippen molar-refractivity contribution in [2.45, 2.75) is 57.5 Å². The summed E-state index contributed by atoms with van der Waals surface area (Å²) in [5.74, 6) is -0.641. The first-order valence-corrected chi connectivity index (χ1v) is 7.40. The van der Waals surface area contributed by atoms with Crippen LogP contribution >= 0.6 is 0 Å². The van der Waals surface area contributed by atoms with Gasteiger partial charge >= 0.3 is 5.97 Å². The fourth-order valence-corrected chi connectivity index (χ4v) is 3.49. The van der Waals surface area contributed by atoms with Crippen LogP contribution in [0.2, 0.25) is 0 Å². The smallest absolute Gasteiger partial charge is 0.304 e. The van der Waals surface area contributed by atoms with Crippen LogP contribution in [0.15, 0.2) is 0 Å². The van der Waals surface area contributed by atoms with Crippen LogP contribution in [0.5, 0.6) is 0 Å². The van der Waals surface area contributed by atoms with Gasteiger partial charge in [0, 0.05) is 12.1 Å². The van der Waals surface area contributed by atoms with Gasteiger partial charge in [0.15, 0.2) is 0 Å². The van der Waals surface area contributed by atoms with Gasteiger partial charge in [-0.2, -0.15) is 0 Å². The van der Waals surface area contributed by atoms with E-state index < -0.39 is 5.97 Å². The van der Waals surface area contributed by atoms with Crippen molar-refractivity contribution in [2.24, 2.45) is 0 Å². The summed E-state index contributed by atoms with van der Waals surface area (Å²) in [6.07, 6.45) is 6.26. The van der Waals surface area contributed by atoms with Gasteiger partial charge in [-0.25, -0.2) is 0 Å². The van der Waals surface area contributed by atoms with Crippen LogP contribution in [-0.2, 0) is 4.79 Å². The van der Waals surface area contributed by atoms with Gasteiger partial charge in [-0.1, -0.05) is 13.3 Å². The van der Waals surface area contributed by atoms with E-state index in [-0.39, 0.29) is 6.04 Å². The molecule has 2 aliphatic rings. The van der Waals surface area contributed by atoms with Gasteiger partial charge in [0.25, 0.3) is 0 Å². The van der Waals surface area contributed by atoms with Crippen molar-refractivity contribution in [3.8, 4) is 0 Å². The Labute approximate surface area is 110 Å². The highest BCUT2D eigenvalue weighted by molar-refractivity contribution is 5.67. The molecule has 0 amide bonds. The summed E-state index contributed by atoms with van der Waals surface area (Å²) in [7, 11) is 0. The van der Waals surface area contributed by atoms with Crippen LogP contribution in [0.4, 0.5) is 0 Å². The van der Waals surface area contributed by atoms with E-state index in [1.54, 1.807) is 0 Å². The molecule has 0 radical (unpaired) electrons. The van der Waals surface area contributed by atoms with Gasteiger partial charge in [0.2, 0.25) is 0 Å². The van der Waals surface area contributed by atoms with Gasteiger partial charge in [-0.3, -0.25) is 9.69 Å². The highest BCUT2D eigenvalue weighted by Gasteiger charge is 2.31. The fraction of sp³-hybridized carbons (Fsp3) is 0.929. The first-order valence-electron chi connectivity index (χ1n) is 7.40. The Morgan fingerprint density at radius 3 is 2.50 bits per heavy atom. The van der Waals surface area contributed by atoms with Crippen molar-refractivity contribution < 1.29 is 9.90 Å². The van der Waals surface area contributed by atoms with Gasteiger partial charge in [-0.05, 0) is 51.9 Å². The van der Waals surface area contributed by atoms with Gasteiger partial charge in [0.1, 0.15) is 0 Å². The minimum Gasteiger partial charge on any atom is -0.481 e. The number of aliphatic carboxylic acids is 1. The Hall–Kier alpha value is -0.610. The van der Waals surface area contributed by atoms with Crippen molar-refractivity contribution >= 4 is 5.97 Å². The molecule has 18 heavy (non-hydrogen) atoms. The van der Waals surface area contributed by atoms with E-state index in [9.17, 15) is 4.79 Å². The topological polar surface area (TPSA) is 43.8 Å². The summed E-state index contributed by atoms with van der Waals surface area (Å²) in [6, 6.07) is 0.909. The maximum Gasteiger partial charge on any atom is 0.304 e. The maximum atomic E-state index is 11.0. The molecule has 2 saturated heterocycles. The van der Waals surface area contributed by atoms with E-state index in [1.807, 2.05) is 0 Å². The third-order valence-electron chi connectivity index (χ3n) is 4.56. The molecule has 104 valence electrons.